The molecule has 0 spiro atoms. The highest BCUT2D eigenvalue weighted by Gasteiger charge is 2.36. The van der Waals surface area contributed by atoms with Crippen LogP contribution in [0.3, 0.4) is 0 Å². The average Bonchev–Trinajstić information content (AvgIpc) is 3.47. The normalized spacial score (nSPS) is 16.5. The third kappa shape index (κ3) is 3.90. The van der Waals surface area contributed by atoms with E-state index in [0.717, 1.165) is 41.1 Å². The number of methoxy groups -OCH3 is 1. The molecule has 0 saturated carbocycles. The van der Waals surface area contributed by atoms with Gasteiger partial charge in [0.2, 0.25) is 0 Å². The van der Waals surface area contributed by atoms with Crippen LogP contribution in [0.25, 0.3) is 5.00 Å². The van der Waals surface area contributed by atoms with E-state index in [1.165, 1.54) is 39.4 Å². The van der Waals surface area contributed by atoms with Crippen molar-refractivity contribution in [3.63, 3.8) is 0 Å². The highest BCUT2D eigenvalue weighted by atomic mass is 32.1. The summed E-state index contributed by atoms with van der Waals surface area (Å²) in [6.07, 6.45) is 6.83. The Morgan fingerprint density at radius 1 is 1.03 bits per heavy atom. The molecule has 1 aliphatic heterocycles. The number of amides is 2. The Morgan fingerprint density at radius 2 is 1.89 bits per heavy atom. The predicted molar refractivity (Wildman–Crippen MR) is 146 cm³/mol. The van der Waals surface area contributed by atoms with Gasteiger partial charge in [0.25, 0.3) is 0 Å². The smallest absolute Gasteiger partial charge is 0.322 e. The van der Waals surface area contributed by atoms with E-state index in [1.54, 1.807) is 7.11 Å². The van der Waals surface area contributed by atoms with Gasteiger partial charge >= 0.3 is 6.03 Å². The summed E-state index contributed by atoms with van der Waals surface area (Å²) in [5.41, 5.74) is 7.98. The second-order valence-corrected chi connectivity index (χ2v) is 10.9. The Hall–Kier alpha value is -3.51. The molecule has 6 heteroatoms. The molecule has 5 nitrogen and oxygen atoms in total. The molecule has 3 heterocycles. The van der Waals surface area contributed by atoms with Crippen LogP contribution < -0.4 is 10.1 Å². The Bertz CT molecular complexity index is 1450. The second-order valence-electron chi connectivity index (χ2n) is 9.85. The molecular weight excluding hydrogens is 466 g/mol. The number of hydrogen-bond acceptors (Lipinski definition) is 3. The monoisotopic (exact) mass is 497 g/mol. The van der Waals surface area contributed by atoms with Gasteiger partial charge in [-0.15, -0.1) is 11.3 Å². The second kappa shape index (κ2) is 9.17. The van der Waals surface area contributed by atoms with Crippen LogP contribution in [-0.4, -0.2) is 22.6 Å². The summed E-state index contributed by atoms with van der Waals surface area (Å²) in [5.74, 6) is 0.789. The predicted octanol–water partition coefficient (Wildman–Crippen LogP) is 7.18. The van der Waals surface area contributed by atoms with Crippen LogP contribution >= 0.6 is 11.3 Å². The molecule has 2 aromatic carbocycles. The number of aromatic nitrogens is 1. The van der Waals surface area contributed by atoms with Gasteiger partial charge in [0.05, 0.1) is 25.4 Å². The summed E-state index contributed by atoms with van der Waals surface area (Å²) in [4.78, 5) is 17.6. The molecule has 0 unspecified atom stereocenters. The van der Waals surface area contributed by atoms with Crippen molar-refractivity contribution in [3.8, 4) is 10.8 Å². The van der Waals surface area contributed by atoms with Crippen LogP contribution in [0.4, 0.5) is 10.5 Å². The fourth-order valence-corrected chi connectivity index (χ4v) is 7.09. The molecule has 0 fully saturated rings. The molecule has 1 N–H and O–H groups in total. The SMILES string of the molecule is COc1cccc([C@@H]2c3cccn3-c3sc4c(c3CN2C(=O)Nc2ccc(C)cc2C)CCCC4)c1. The van der Waals surface area contributed by atoms with Crippen molar-refractivity contribution >= 4 is 23.1 Å². The highest BCUT2D eigenvalue weighted by molar-refractivity contribution is 7.15. The number of anilines is 1. The van der Waals surface area contributed by atoms with E-state index in [4.69, 9.17) is 4.74 Å². The highest BCUT2D eigenvalue weighted by Crippen LogP contribution is 2.44. The Kier molecular flexibility index (Phi) is 5.84. The molecule has 1 aliphatic carbocycles. The van der Waals surface area contributed by atoms with Crippen molar-refractivity contribution in [3.05, 3.63) is 99.2 Å². The van der Waals surface area contributed by atoms with Gasteiger partial charge in [0.15, 0.2) is 0 Å². The van der Waals surface area contributed by atoms with Crippen LogP contribution in [0.15, 0.2) is 60.8 Å². The summed E-state index contributed by atoms with van der Waals surface area (Å²) < 4.78 is 7.87. The maximum Gasteiger partial charge on any atom is 0.322 e. The Balaban J connectivity index is 1.50. The van der Waals surface area contributed by atoms with Crippen molar-refractivity contribution in [1.82, 2.24) is 9.47 Å². The molecule has 2 amide bonds. The lowest BCUT2D eigenvalue weighted by atomic mass is 9.95. The van der Waals surface area contributed by atoms with Crippen LogP contribution in [-0.2, 0) is 19.4 Å². The lowest BCUT2D eigenvalue weighted by molar-refractivity contribution is 0.194. The third-order valence-corrected chi connectivity index (χ3v) is 8.81. The first-order valence-corrected chi connectivity index (χ1v) is 13.4. The molecular formula is C30H31N3O2S. The van der Waals surface area contributed by atoms with Crippen LogP contribution in [0.1, 0.15) is 57.3 Å². The molecule has 2 aliphatic rings. The van der Waals surface area contributed by atoms with Gasteiger partial charge in [0, 0.05) is 22.3 Å². The molecule has 2 aromatic heterocycles. The van der Waals surface area contributed by atoms with E-state index in [0.29, 0.717) is 6.54 Å². The molecule has 36 heavy (non-hydrogen) atoms. The zero-order valence-corrected chi connectivity index (χ0v) is 21.8. The third-order valence-electron chi connectivity index (χ3n) is 7.47. The molecule has 0 bridgehead atoms. The summed E-state index contributed by atoms with van der Waals surface area (Å²) in [5, 5.41) is 4.50. The zero-order valence-electron chi connectivity index (χ0n) is 21.0. The Labute approximate surface area is 216 Å². The summed E-state index contributed by atoms with van der Waals surface area (Å²) in [6.45, 7) is 4.69. The van der Waals surface area contributed by atoms with Crippen molar-refractivity contribution in [1.29, 1.82) is 0 Å². The van der Waals surface area contributed by atoms with Gasteiger partial charge in [-0.1, -0.05) is 29.8 Å². The quantitative estimate of drug-likeness (QED) is 0.326. The van der Waals surface area contributed by atoms with Crippen molar-refractivity contribution in [2.75, 3.05) is 12.4 Å². The minimum absolute atomic E-state index is 0.0915. The van der Waals surface area contributed by atoms with Crippen LogP contribution in [0.2, 0.25) is 0 Å². The lowest BCUT2D eigenvalue weighted by Crippen LogP contribution is -2.38. The number of carbonyl (C=O) groups is 1. The van der Waals surface area contributed by atoms with E-state index in [9.17, 15) is 4.79 Å². The van der Waals surface area contributed by atoms with E-state index in [1.807, 2.05) is 53.5 Å². The van der Waals surface area contributed by atoms with Crippen molar-refractivity contribution < 1.29 is 9.53 Å². The topological polar surface area (TPSA) is 46.5 Å². The largest absolute Gasteiger partial charge is 0.497 e. The lowest BCUT2D eigenvalue weighted by Gasteiger charge is -2.32. The van der Waals surface area contributed by atoms with Gasteiger partial charge in [-0.2, -0.15) is 0 Å². The minimum atomic E-state index is -0.250. The Morgan fingerprint density at radius 3 is 2.72 bits per heavy atom. The number of fused-ring (bicyclic) bond motifs is 5. The molecule has 0 saturated heterocycles. The van der Waals surface area contributed by atoms with Crippen LogP contribution in [0.5, 0.6) is 5.75 Å². The number of aryl methyl sites for hydroxylation is 3. The maximum atomic E-state index is 14.1. The minimum Gasteiger partial charge on any atom is -0.497 e. The van der Waals surface area contributed by atoms with E-state index >= 15 is 0 Å². The number of carbonyl (C=O) groups excluding carboxylic acids is 1. The van der Waals surface area contributed by atoms with Gasteiger partial charge in [-0.3, -0.25) is 0 Å². The fourth-order valence-electron chi connectivity index (χ4n) is 5.69. The number of nitrogens with one attached hydrogen (secondary N) is 1. The van der Waals surface area contributed by atoms with Gasteiger partial charge in [-0.05, 0) is 86.6 Å². The maximum absolute atomic E-state index is 14.1. The van der Waals surface area contributed by atoms with Gasteiger partial charge in [-0.25, -0.2) is 4.79 Å². The number of benzene rings is 2. The van der Waals surface area contributed by atoms with E-state index in [-0.39, 0.29) is 12.1 Å². The number of ether oxygens (including phenoxy) is 1. The first kappa shape index (κ1) is 22.9. The van der Waals surface area contributed by atoms with Crippen molar-refractivity contribution in [2.45, 2.75) is 52.1 Å². The average molecular weight is 498 g/mol. The fraction of sp³-hybridized carbons (Fsp3) is 0.300. The van der Waals surface area contributed by atoms with Gasteiger partial charge in [0.1, 0.15) is 10.8 Å². The summed E-state index contributed by atoms with van der Waals surface area (Å²) in [6, 6.07) is 18.2. The number of urea groups is 1. The molecule has 6 rings (SSSR count). The number of rotatable bonds is 3. The van der Waals surface area contributed by atoms with Gasteiger partial charge < -0.3 is 19.5 Å². The molecule has 0 radical (unpaired) electrons. The standard InChI is InChI=1S/C30H31N3O2S/c1-19-13-14-25(20(2)16-19)31-30(34)33-18-24-23-10-4-5-12-27(23)36-29(24)32-15-7-11-26(32)28(33)21-8-6-9-22(17-21)35-3/h6-9,11,13-17,28H,4-5,10,12,18H2,1-3H3,(H,31,34)/t28-/m1/s1. The first-order chi connectivity index (χ1) is 17.5. The van der Waals surface area contributed by atoms with E-state index < -0.39 is 0 Å². The molecule has 4 aromatic rings. The molecule has 184 valence electrons. The zero-order chi connectivity index (χ0) is 24.8. The number of nitrogens with zero attached hydrogens (tertiary/aromatic N) is 2. The number of hydrogen-bond donors (Lipinski definition) is 1. The van der Waals surface area contributed by atoms with Crippen LogP contribution in [0, 0.1) is 13.8 Å². The van der Waals surface area contributed by atoms with Crippen molar-refractivity contribution in [2.24, 2.45) is 0 Å². The summed E-state index contributed by atoms with van der Waals surface area (Å²) >= 11 is 1.90. The van der Waals surface area contributed by atoms with E-state index in [2.05, 4.69) is 47.3 Å². The number of thiophene rings is 1. The molecule has 1 atom stereocenters. The first-order valence-electron chi connectivity index (χ1n) is 12.6. The summed E-state index contributed by atoms with van der Waals surface area (Å²) in [7, 11) is 1.68.